The zero-order chi connectivity index (χ0) is 15.4. The lowest BCUT2D eigenvalue weighted by molar-refractivity contribution is -0.115. The number of amides is 1. The number of nitrogens with one attached hydrogen (secondary N) is 1. The van der Waals surface area contributed by atoms with E-state index >= 15 is 0 Å². The van der Waals surface area contributed by atoms with Gasteiger partial charge < -0.3 is 5.32 Å². The van der Waals surface area contributed by atoms with Crippen LogP contribution in [0.5, 0.6) is 0 Å². The van der Waals surface area contributed by atoms with Crippen LogP contribution in [0.2, 0.25) is 0 Å². The van der Waals surface area contributed by atoms with Crippen LogP contribution in [0.1, 0.15) is 29.2 Å². The van der Waals surface area contributed by atoms with Gasteiger partial charge in [-0.05, 0) is 32.9 Å². The molecule has 2 rings (SSSR count). The lowest BCUT2D eigenvalue weighted by atomic mass is 10.1. The minimum atomic E-state index is -0.293. The van der Waals surface area contributed by atoms with Crippen molar-refractivity contribution in [1.29, 1.82) is 0 Å². The molecule has 1 atom stereocenters. The molecule has 1 N–H and O–H groups in total. The number of rotatable bonds is 5. The third-order valence-corrected chi connectivity index (χ3v) is 4.71. The van der Waals surface area contributed by atoms with Crippen LogP contribution >= 0.6 is 23.1 Å². The number of benzene rings is 1. The van der Waals surface area contributed by atoms with Crippen molar-refractivity contribution >= 4 is 40.5 Å². The average molecular weight is 321 g/mol. The fourth-order valence-corrected chi connectivity index (χ4v) is 3.55. The summed E-state index contributed by atoms with van der Waals surface area (Å²) in [5.41, 5.74) is 1.20. The minimum Gasteiger partial charge on any atom is -0.325 e. The van der Waals surface area contributed by atoms with Crippen molar-refractivity contribution in [3.8, 4) is 0 Å². The van der Waals surface area contributed by atoms with E-state index in [1.54, 1.807) is 24.3 Å². The summed E-state index contributed by atoms with van der Waals surface area (Å²) in [6, 6.07) is 6.90. The molecule has 5 nitrogen and oxygen atoms in total. The molecule has 1 unspecified atom stereocenters. The lowest BCUT2D eigenvalue weighted by Gasteiger charge is -2.10. The predicted molar refractivity (Wildman–Crippen MR) is 85.0 cm³/mol. The van der Waals surface area contributed by atoms with Gasteiger partial charge in [0.25, 0.3) is 0 Å². The third kappa shape index (κ3) is 4.37. The number of aryl methyl sites for hydroxylation is 1. The van der Waals surface area contributed by atoms with Crippen molar-refractivity contribution in [2.24, 2.45) is 0 Å². The molecule has 0 radical (unpaired) electrons. The number of Topliss-reactive ketones (excluding diaryl/α,β-unsaturated/α-hetero) is 1. The van der Waals surface area contributed by atoms with Crippen LogP contribution in [-0.2, 0) is 4.79 Å². The van der Waals surface area contributed by atoms with Crippen LogP contribution in [-0.4, -0.2) is 27.1 Å². The topological polar surface area (TPSA) is 72.0 Å². The van der Waals surface area contributed by atoms with Gasteiger partial charge in [-0.15, -0.1) is 10.2 Å². The van der Waals surface area contributed by atoms with Crippen LogP contribution in [0, 0.1) is 6.92 Å². The highest BCUT2D eigenvalue weighted by molar-refractivity contribution is 8.02. The Kier molecular flexibility index (Phi) is 5.08. The summed E-state index contributed by atoms with van der Waals surface area (Å²) in [4.78, 5) is 23.5. The second-order valence-corrected chi connectivity index (χ2v) is 7.24. The van der Waals surface area contributed by atoms with Crippen molar-refractivity contribution < 1.29 is 9.59 Å². The summed E-state index contributed by atoms with van der Waals surface area (Å²) in [5.74, 6) is -0.161. The van der Waals surface area contributed by atoms with Gasteiger partial charge in [-0.3, -0.25) is 9.59 Å². The molecule has 0 aliphatic rings. The summed E-state index contributed by atoms with van der Waals surface area (Å²) in [5, 5.41) is 11.3. The molecule has 1 aromatic carbocycles. The Labute approximate surface area is 131 Å². The van der Waals surface area contributed by atoms with Gasteiger partial charge in [0, 0.05) is 11.3 Å². The Bertz CT molecular complexity index is 670. The average Bonchev–Trinajstić information content (AvgIpc) is 2.84. The number of hydrogen-bond donors (Lipinski definition) is 1. The van der Waals surface area contributed by atoms with Gasteiger partial charge in [-0.25, -0.2) is 0 Å². The molecule has 1 heterocycles. The molecule has 0 aliphatic heterocycles. The molecule has 0 saturated carbocycles. The molecule has 0 bridgehead atoms. The summed E-state index contributed by atoms with van der Waals surface area (Å²) in [7, 11) is 0. The van der Waals surface area contributed by atoms with Crippen LogP contribution in [0.3, 0.4) is 0 Å². The molecule has 0 saturated heterocycles. The highest BCUT2D eigenvalue weighted by Gasteiger charge is 2.17. The zero-order valence-electron chi connectivity index (χ0n) is 11.9. The number of nitrogens with zero attached hydrogens (tertiary/aromatic N) is 2. The first-order valence-corrected chi connectivity index (χ1v) is 8.04. The Morgan fingerprint density at radius 3 is 2.71 bits per heavy atom. The summed E-state index contributed by atoms with van der Waals surface area (Å²) in [6.07, 6.45) is 0. The van der Waals surface area contributed by atoms with E-state index in [0.29, 0.717) is 11.3 Å². The SMILES string of the molecule is CC(=O)c1cccc(NC(=O)C(C)Sc2nnc(C)s2)c1. The van der Waals surface area contributed by atoms with Gasteiger partial charge >= 0.3 is 0 Å². The number of ketones is 1. The standard InChI is InChI=1S/C14H15N3O2S2/c1-8(18)11-5-4-6-12(7-11)15-13(19)9(2)20-14-17-16-10(3)21-14/h4-7,9H,1-3H3,(H,15,19). The fourth-order valence-electron chi connectivity index (χ4n) is 1.59. The Balaban J connectivity index is 2.00. The first-order valence-electron chi connectivity index (χ1n) is 6.34. The highest BCUT2D eigenvalue weighted by atomic mass is 32.2. The van der Waals surface area contributed by atoms with Crippen molar-refractivity contribution in [2.45, 2.75) is 30.4 Å². The third-order valence-electron chi connectivity index (χ3n) is 2.69. The van der Waals surface area contributed by atoms with Gasteiger partial charge in [0.2, 0.25) is 5.91 Å². The molecule has 0 aliphatic carbocycles. The van der Waals surface area contributed by atoms with E-state index in [0.717, 1.165) is 9.35 Å². The molecule has 0 spiro atoms. The maximum Gasteiger partial charge on any atom is 0.237 e. The van der Waals surface area contributed by atoms with Gasteiger partial charge in [0.1, 0.15) is 5.01 Å². The molecular formula is C14H15N3O2S2. The number of hydrogen-bond acceptors (Lipinski definition) is 6. The molecule has 110 valence electrons. The van der Waals surface area contributed by atoms with Gasteiger partial charge in [-0.1, -0.05) is 35.2 Å². The molecular weight excluding hydrogens is 306 g/mol. The largest absolute Gasteiger partial charge is 0.325 e. The number of aromatic nitrogens is 2. The lowest BCUT2D eigenvalue weighted by Crippen LogP contribution is -2.22. The van der Waals surface area contributed by atoms with E-state index in [-0.39, 0.29) is 16.9 Å². The van der Waals surface area contributed by atoms with Crippen LogP contribution < -0.4 is 5.32 Å². The number of anilines is 1. The van der Waals surface area contributed by atoms with E-state index in [1.807, 2.05) is 13.8 Å². The second kappa shape index (κ2) is 6.82. The fraction of sp³-hybridized carbons (Fsp3) is 0.286. The highest BCUT2D eigenvalue weighted by Crippen LogP contribution is 2.27. The number of thioether (sulfide) groups is 1. The monoisotopic (exact) mass is 321 g/mol. The smallest absolute Gasteiger partial charge is 0.237 e. The van der Waals surface area contributed by atoms with Gasteiger partial charge in [0.15, 0.2) is 10.1 Å². The van der Waals surface area contributed by atoms with Crippen LogP contribution in [0.15, 0.2) is 28.6 Å². The van der Waals surface area contributed by atoms with E-state index in [1.165, 1.54) is 30.0 Å². The number of carbonyl (C=O) groups excluding carboxylic acids is 2. The first kappa shape index (κ1) is 15.7. The maximum absolute atomic E-state index is 12.1. The molecule has 0 fully saturated rings. The van der Waals surface area contributed by atoms with Gasteiger partial charge in [-0.2, -0.15) is 0 Å². The summed E-state index contributed by atoms with van der Waals surface area (Å²) in [6.45, 7) is 5.18. The van der Waals surface area contributed by atoms with E-state index in [4.69, 9.17) is 0 Å². The molecule has 2 aromatic rings. The molecule has 7 heteroatoms. The first-order chi connectivity index (χ1) is 9.95. The summed E-state index contributed by atoms with van der Waals surface area (Å²) < 4.78 is 0.771. The Hall–Kier alpha value is -1.73. The van der Waals surface area contributed by atoms with Crippen molar-refractivity contribution in [3.05, 3.63) is 34.8 Å². The normalized spacial score (nSPS) is 12.0. The van der Waals surface area contributed by atoms with Crippen molar-refractivity contribution in [2.75, 3.05) is 5.32 Å². The van der Waals surface area contributed by atoms with E-state index < -0.39 is 0 Å². The Morgan fingerprint density at radius 1 is 1.33 bits per heavy atom. The Morgan fingerprint density at radius 2 is 2.10 bits per heavy atom. The van der Waals surface area contributed by atoms with Crippen LogP contribution in [0.4, 0.5) is 5.69 Å². The minimum absolute atomic E-state index is 0.0298. The van der Waals surface area contributed by atoms with Crippen molar-refractivity contribution in [1.82, 2.24) is 10.2 Å². The van der Waals surface area contributed by atoms with Crippen LogP contribution in [0.25, 0.3) is 0 Å². The zero-order valence-corrected chi connectivity index (χ0v) is 13.5. The van der Waals surface area contributed by atoms with Crippen molar-refractivity contribution in [3.63, 3.8) is 0 Å². The maximum atomic E-state index is 12.1. The summed E-state index contributed by atoms with van der Waals surface area (Å²) >= 11 is 2.83. The quantitative estimate of drug-likeness (QED) is 0.676. The predicted octanol–water partition coefficient (Wildman–Crippen LogP) is 3.17. The van der Waals surface area contributed by atoms with E-state index in [9.17, 15) is 9.59 Å². The molecule has 1 amide bonds. The number of carbonyl (C=O) groups is 2. The molecule has 21 heavy (non-hydrogen) atoms. The molecule has 1 aromatic heterocycles. The second-order valence-electron chi connectivity index (χ2n) is 4.47. The van der Waals surface area contributed by atoms with E-state index in [2.05, 4.69) is 15.5 Å². The van der Waals surface area contributed by atoms with Gasteiger partial charge in [0.05, 0.1) is 5.25 Å².